The van der Waals surface area contributed by atoms with Crippen LogP contribution in [-0.4, -0.2) is 34.5 Å². The van der Waals surface area contributed by atoms with Crippen molar-refractivity contribution >= 4 is 17.3 Å². The molecule has 8 nitrogen and oxygen atoms in total. The van der Waals surface area contributed by atoms with Gasteiger partial charge in [-0.15, -0.1) is 0 Å². The van der Waals surface area contributed by atoms with E-state index >= 15 is 0 Å². The smallest absolute Gasteiger partial charge is 0.269 e. The Balaban J connectivity index is 1.63. The molecule has 0 radical (unpaired) electrons. The fraction of sp³-hybridized carbons (Fsp3) is 0.143. The molecule has 8 heteroatoms. The number of nitrogens with zero attached hydrogens (tertiary/aromatic N) is 2. The third-order valence-electron chi connectivity index (χ3n) is 6.80. The third kappa shape index (κ3) is 3.07. The SMILES string of the molecule is Cc1ccc2c(c1)C(=O)C1=CC(C(=O)c3ccccc3)=C3NCCN3C1(c1cccc([N+](=O)[O-])c1)O2. The summed E-state index contributed by atoms with van der Waals surface area (Å²) in [6, 6.07) is 20.4. The van der Waals surface area contributed by atoms with Crippen LogP contribution in [0.5, 0.6) is 5.75 Å². The molecule has 0 saturated carbocycles. The van der Waals surface area contributed by atoms with Gasteiger partial charge in [-0.1, -0.05) is 54.1 Å². The number of carbonyl (C=O) groups excluding carboxylic acids is 2. The second-order valence-electron chi connectivity index (χ2n) is 8.98. The van der Waals surface area contributed by atoms with Gasteiger partial charge in [0.15, 0.2) is 11.6 Å². The first kappa shape index (κ1) is 21.8. The van der Waals surface area contributed by atoms with Crippen LogP contribution in [0.25, 0.3) is 0 Å². The number of benzene rings is 3. The Labute approximate surface area is 206 Å². The van der Waals surface area contributed by atoms with Gasteiger partial charge in [-0.3, -0.25) is 19.7 Å². The highest BCUT2D eigenvalue weighted by molar-refractivity contribution is 6.17. The van der Waals surface area contributed by atoms with Gasteiger partial charge < -0.3 is 15.0 Å². The summed E-state index contributed by atoms with van der Waals surface area (Å²) in [5.41, 5.74) is 1.23. The van der Waals surface area contributed by atoms with Crippen molar-refractivity contribution < 1.29 is 19.2 Å². The highest BCUT2D eigenvalue weighted by atomic mass is 16.6. The Bertz CT molecular complexity index is 1530. The number of nitrogens with one attached hydrogen (secondary N) is 1. The Hall–Kier alpha value is -4.72. The number of non-ortho nitro benzene ring substituents is 1. The Kier molecular flexibility index (Phi) is 4.79. The summed E-state index contributed by atoms with van der Waals surface area (Å²) in [5, 5.41) is 14.9. The molecule has 178 valence electrons. The van der Waals surface area contributed by atoms with E-state index in [9.17, 15) is 19.7 Å². The molecule has 3 aromatic rings. The molecular formula is C28H21N3O5. The molecule has 1 unspecified atom stereocenters. The maximum Gasteiger partial charge on any atom is 0.269 e. The maximum absolute atomic E-state index is 14.0. The molecule has 1 saturated heterocycles. The Morgan fingerprint density at radius 3 is 2.67 bits per heavy atom. The molecule has 0 aliphatic carbocycles. The van der Waals surface area contributed by atoms with Gasteiger partial charge in [-0.2, -0.15) is 0 Å². The molecular weight excluding hydrogens is 458 g/mol. The van der Waals surface area contributed by atoms with E-state index in [0.717, 1.165) is 5.56 Å². The number of ketones is 2. The first-order valence-electron chi connectivity index (χ1n) is 11.6. The minimum absolute atomic E-state index is 0.115. The highest BCUT2D eigenvalue weighted by Gasteiger charge is 2.56. The number of hydrogen-bond donors (Lipinski definition) is 1. The molecule has 3 aromatic carbocycles. The fourth-order valence-corrected chi connectivity index (χ4v) is 5.17. The molecule has 0 aromatic heterocycles. The van der Waals surface area contributed by atoms with Crippen LogP contribution in [0.4, 0.5) is 5.69 Å². The quantitative estimate of drug-likeness (QED) is 0.339. The number of fused-ring (bicyclic) bond motifs is 4. The summed E-state index contributed by atoms with van der Waals surface area (Å²) >= 11 is 0. The van der Waals surface area contributed by atoms with E-state index in [2.05, 4.69) is 5.32 Å². The monoisotopic (exact) mass is 479 g/mol. The van der Waals surface area contributed by atoms with Gasteiger partial charge in [0.1, 0.15) is 11.6 Å². The van der Waals surface area contributed by atoms with Crippen LogP contribution in [0.3, 0.4) is 0 Å². The number of carbonyl (C=O) groups is 2. The normalized spacial score (nSPS) is 20.0. The summed E-state index contributed by atoms with van der Waals surface area (Å²) in [6.45, 7) is 2.82. The lowest BCUT2D eigenvalue weighted by Gasteiger charge is -2.48. The topological polar surface area (TPSA) is 102 Å². The molecule has 0 amide bonds. The molecule has 3 heterocycles. The van der Waals surface area contributed by atoms with Crippen LogP contribution >= 0.6 is 0 Å². The van der Waals surface area contributed by atoms with Gasteiger partial charge in [-0.05, 0) is 25.1 Å². The van der Waals surface area contributed by atoms with Crippen molar-refractivity contribution in [2.75, 3.05) is 13.1 Å². The van der Waals surface area contributed by atoms with Crippen molar-refractivity contribution in [3.63, 3.8) is 0 Å². The first-order valence-corrected chi connectivity index (χ1v) is 11.6. The van der Waals surface area contributed by atoms with Crippen molar-refractivity contribution in [1.29, 1.82) is 0 Å². The number of nitro benzene ring substituents is 1. The van der Waals surface area contributed by atoms with E-state index in [0.29, 0.717) is 46.9 Å². The van der Waals surface area contributed by atoms with Gasteiger partial charge >= 0.3 is 0 Å². The molecule has 0 spiro atoms. The fourth-order valence-electron chi connectivity index (χ4n) is 5.17. The summed E-state index contributed by atoms with van der Waals surface area (Å²) in [7, 11) is 0. The Morgan fingerprint density at radius 1 is 1.08 bits per heavy atom. The summed E-state index contributed by atoms with van der Waals surface area (Å²) < 4.78 is 6.65. The van der Waals surface area contributed by atoms with Crippen LogP contribution in [0.1, 0.15) is 31.8 Å². The van der Waals surface area contributed by atoms with Crippen LogP contribution in [-0.2, 0) is 5.72 Å². The van der Waals surface area contributed by atoms with Crippen LogP contribution in [0, 0.1) is 17.0 Å². The van der Waals surface area contributed by atoms with Crippen molar-refractivity contribution in [1.82, 2.24) is 10.2 Å². The van der Waals surface area contributed by atoms with Crippen molar-refractivity contribution in [3.05, 3.63) is 128 Å². The summed E-state index contributed by atoms with van der Waals surface area (Å²) in [6.07, 6.45) is 1.59. The molecule has 1 N–H and O–H groups in total. The zero-order valence-electron chi connectivity index (χ0n) is 19.4. The standard InChI is InChI=1S/C28H21N3O5/c1-17-10-11-24-21(14-17)26(33)23-16-22(25(32)18-6-3-2-4-7-18)27-29-12-13-30(27)28(23,36-24)19-8-5-9-20(15-19)31(34)35/h2-11,14-16,29H,12-13H2,1H3. The second kappa shape index (κ2) is 7.91. The third-order valence-corrected chi connectivity index (χ3v) is 6.80. The largest absolute Gasteiger partial charge is 0.458 e. The van der Waals surface area contributed by atoms with Crippen LogP contribution < -0.4 is 10.1 Å². The highest BCUT2D eigenvalue weighted by Crippen LogP contribution is 2.50. The molecule has 36 heavy (non-hydrogen) atoms. The zero-order valence-corrected chi connectivity index (χ0v) is 19.4. The number of aryl methyl sites for hydroxylation is 1. The average Bonchev–Trinajstić information content (AvgIpc) is 3.40. The Morgan fingerprint density at radius 2 is 1.89 bits per heavy atom. The van der Waals surface area contributed by atoms with Crippen LogP contribution in [0.15, 0.2) is 95.8 Å². The van der Waals surface area contributed by atoms with Crippen LogP contribution in [0.2, 0.25) is 0 Å². The molecule has 6 rings (SSSR count). The predicted octanol–water partition coefficient (Wildman–Crippen LogP) is 4.27. The van der Waals surface area contributed by atoms with E-state index in [1.807, 2.05) is 24.0 Å². The lowest BCUT2D eigenvalue weighted by Crippen LogP contribution is -2.56. The van der Waals surface area contributed by atoms with Gasteiger partial charge in [0.05, 0.1) is 21.6 Å². The van der Waals surface area contributed by atoms with E-state index in [1.165, 1.54) is 12.1 Å². The number of allylic oxidation sites excluding steroid dienone is 2. The molecule has 1 fully saturated rings. The van der Waals surface area contributed by atoms with Crippen molar-refractivity contribution in [2.45, 2.75) is 12.6 Å². The maximum atomic E-state index is 14.0. The van der Waals surface area contributed by atoms with Crippen molar-refractivity contribution in [3.8, 4) is 5.75 Å². The minimum atomic E-state index is -1.47. The number of rotatable bonds is 4. The van der Waals surface area contributed by atoms with E-state index in [1.54, 1.807) is 54.6 Å². The number of Topliss-reactive ketones (excluding diaryl/α,β-unsaturated/α-hetero) is 2. The lowest BCUT2D eigenvalue weighted by atomic mass is 9.80. The predicted molar refractivity (Wildman–Crippen MR) is 132 cm³/mol. The molecule has 1 atom stereocenters. The number of nitro groups is 1. The van der Waals surface area contributed by atoms with Gasteiger partial charge in [0.25, 0.3) is 5.69 Å². The number of hydrogen-bond acceptors (Lipinski definition) is 7. The van der Waals surface area contributed by atoms with E-state index in [4.69, 9.17) is 4.74 Å². The molecule has 3 aliphatic rings. The molecule has 3 aliphatic heterocycles. The van der Waals surface area contributed by atoms with Gasteiger partial charge in [-0.25, -0.2) is 0 Å². The van der Waals surface area contributed by atoms with Crippen molar-refractivity contribution in [2.24, 2.45) is 0 Å². The zero-order chi connectivity index (χ0) is 25.0. The van der Waals surface area contributed by atoms with Gasteiger partial charge in [0.2, 0.25) is 5.72 Å². The average molecular weight is 479 g/mol. The molecule has 0 bridgehead atoms. The summed E-state index contributed by atoms with van der Waals surface area (Å²) in [4.78, 5) is 40.6. The van der Waals surface area contributed by atoms with E-state index in [-0.39, 0.29) is 22.8 Å². The van der Waals surface area contributed by atoms with Gasteiger partial charge in [0, 0.05) is 36.3 Å². The van der Waals surface area contributed by atoms with E-state index < -0.39 is 10.6 Å². The number of ether oxygens (including phenoxy) is 1. The first-order chi connectivity index (χ1) is 17.4. The second-order valence-corrected chi connectivity index (χ2v) is 8.98. The summed E-state index contributed by atoms with van der Waals surface area (Å²) in [5.74, 6) is 0.407. The lowest BCUT2D eigenvalue weighted by molar-refractivity contribution is -0.385. The minimum Gasteiger partial charge on any atom is -0.458 e.